The van der Waals surface area contributed by atoms with Crippen LogP contribution in [0.4, 0.5) is 10.5 Å². The number of amides is 2. The molecule has 240 valence electrons. The van der Waals surface area contributed by atoms with Crippen molar-refractivity contribution in [1.82, 2.24) is 10.0 Å². The van der Waals surface area contributed by atoms with Gasteiger partial charge in [-0.3, -0.25) is 0 Å². The van der Waals surface area contributed by atoms with Crippen LogP contribution in [0.15, 0.2) is 82.2 Å². The fourth-order valence-corrected chi connectivity index (χ4v) is 15.7. The molecular weight excluding hydrogens is 616 g/mol. The van der Waals surface area contributed by atoms with Gasteiger partial charge in [-0.25, -0.2) is 17.8 Å². The summed E-state index contributed by atoms with van der Waals surface area (Å²) in [5.41, 5.74) is 5.81. The predicted octanol–water partition coefficient (Wildman–Crippen LogP) is 6.81. The first-order chi connectivity index (χ1) is 21.0. The number of fused-ring (bicyclic) bond motifs is 2. The van der Waals surface area contributed by atoms with Crippen molar-refractivity contribution in [3.8, 4) is 0 Å². The number of urea groups is 1. The minimum atomic E-state index is -3.40. The van der Waals surface area contributed by atoms with Gasteiger partial charge in [0.05, 0.1) is 0 Å². The zero-order chi connectivity index (χ0) is 31.0. The molecule has 0 bridgehead atoms. The van der Waals surface area contributed by atoms with E-state index in [4.69, 9.17) is 4.03 Å². The quantitative estimate of drug-likeness (QED) is 0.243. The number of carbonyl (C=O) groups excluding carboxylic acids is 1. The second kappa shape index (κ2) is 13.1. The Labute approximate surface area is 276 Å². The second-order valence-corrected chi connectivity index (χ2v) is 20.3. The number of benzene rings is 3. The highest BCUT2D eigenvalue weighted by Crippen LogP contribution is 2.40. The van der Waals surface area contributed by atoms with Gasteiger partial charge in [0.15, 0.2) is 0 Å². The van der Waals surface area contributed by atoms with E-state index in [1.165, 1.54) is 22.3 Å². The van der Waals surface area contributed by atoms with Crippen molar-refractivity contribution in [1.29, 1.82) is 0 Å². The van der Waals surface area contributed by atoms with Crippen molar-refractivity contribution >= 4 is 52.6 Å². The first-order valence-corrected chi connectivity index (χ1v) is 19.6. The van der Waals surface area contributed by atoms with Gasteiger partial charge >= 0.3 is 6.03 Å². The lowest BCUT2D eigenvalue weighted by Crippen LogP contribution is -2.64. The fourth-order valence-electron chi connectivity index (χ4n) is 7.47. The first kappa shape index (κ1) is 33.5. The van der Waals surface area contributed by atoms with Crippen LogP contribution >= 0.6 is 12.4 Å². The molecule has 2 aliphatic carbocycles. The molecule has 45 heavy (non-hydrogen) atoms. The van der Waals surface area contributed by atoms with Gasteiger partial charge in [-0.1, -0.05) is 93.6 Å². The van der Waals surface area contributed by atoms with Crippen LogP contribution in [0, 0.1) is 0 Å². The SMILES string of the molecule is CC(C)(C)[Si](N=S(=O)(/C=C/[C@]1(C)CCCN1)NC(=O)Nc1c2c(cc3c1CCC3)CCC2)(c1ccccc1)c1ccccc1.Cl. The smallest absolute Gasteiger partial charge is 0.308 e. The maximum atomic E-state index is 15.3. The summed E-state index contributed by atoms with van der Waals surface area (Å²) in [5, 5.41) is 10.2. The average Bonchev–Trinajstić information content (AvgIpc) is 3.77. The summed E-state index contributed by atoms with van der Waals surface area (Å²) in [7, 11) is -6.54. The van der Waals surface area contributed by atoms with Crippen molar-refractivity contribution < 1.29 is 9.00 Å². The summed E-state index contributed by atoms with van der Waals surface area (Å²) >= 11 is 0. The van der Waals surface area contributed by atoms with E-state index in [0.29, 0.717) is 0 Å². The number of carbonyl (C=O) groups is 1. The van der Waals surface area contributed by atoms with E-state index in [0.717, 1.165) is 74.0 Å². The minimum absolute atomic E-state index is 0. The first-order valence-electron chi connectivity index (χ1n) is 16.1. The van der Waals surface area contributed by atoms with Gasteiger partial charge in [-0.2, -0.15) is 0 Å². The molecule has 0 aromatic heterocycles. The lowest BCUT2D eigenvalue weighted by atomic mass is 9.99. The van der Waals surface area contributed by atoms with E-state index >= 15 is 4.21 Å². The van der Waals surface area contributed by atoms with E-state index in [1.54, 1.807) is 5.41 Å². The van der Waals surface area contributed by atoms with Crippen LogP contribution in [0.5, 0.6) is 0 Å². The Bertz CT molecular complexity index is 1620. The number of halogens is 1. The summed E-state index contributed by atoms with van der Waals surface area (Å²) in [6, 6.07) is 22.4. The third-order valence-electron chi connectivity index (χ3n) is 9.71. The molecule has 3 N–H and O–H groups in total. The molecule has 0 spiro atoms. The lowest BCUT2D eigenvalue weighted by molar-refractivity contribution is 0.257. The molecule has 3 aromatic rings. The summed E-state index contributed by atoms with van der Waals surface area (Å²) in [4.78, 5) is 14.0. The molecule has 0 radical (unpaired) electrons. The van der Waals surface area contributed by atoms with Gasteiger partial charge in [-0.15, -0.1) is 12.4 Å². The highest BCUT2D eigenvalue weighted by atomic mass is 35.5. The zero-order valence-electron chi connectivity index (χ0n) is 26.9. The molecule has 2 atom stereocenters. The molecule has 6 nitrogen and oxygen atoms in total. The Balaban J connectivity index is 0.00000400. The maximum Gasteiger partial charge on any atom is 0.331 e. The molecule has 9 heteroatoms. The lowest BCUT2D eigenvalue weighted by Gasteiger charge is -2.40. The molecule has 2 amide bonds. The molecule has 3 aliphatic rings. The van der Waals surface area contributed by atoms with E-state index in [9.17, 15) is 4.79 Å². The molecule has 3 aromatic carbocycles. The van der Waals surface area contributed by atoms with Crippen molar-refractivity contribution in [3.63, 3.8) is 0 Å². The van der Waals surface area contributed by atoms with Crippen LogP contribution in [0.1, 0.15) is 75.6 Å². The summed E-state index contributed by atoms with van der Waals surface area (Å²) in [6.07, 6.45) is 10.2. The van der Waals surface area contributed by atoms with Crippen molar-refractivity contribution in [2.75, 3.05) is 11.9 Å². The molecular formula is C36H47ClN4O2SSi. The van der Waals surface area contributed by atoms with Crippen LogP contribution in [0.2, 0.25) is 5.04 Å². The number of nitrogens with one attached hydrogen (secondary N) is 3. The predicted molar refractivity (Wildman–Crippen MR) is 193 cm³/mol. The highest BCUT2D eigenvalue weighted by Gasteiger charge is 2.50. The van der Waals surface area contributed by atoms with Crippen molar-refractivity contribution in [2.45, 2.75) is 89.6 Å². The third-order valence-corrected chi connectivity index (χ3v) is 17.4. The Morgan fingerprint density at radius 3 is 1.96 bits per heavy atom. The fraction of sp³-hybridized carbons (Fsp3) is 0.417. The van der Waals surface area contributed by atoms with Crippen molar-refractivity contribution in [2.24, 2.45) is 4.03 Å². The highest BCUT2D eigenvalue weighted by molar-refractivity contribution is 7.96. The largest absolute Gasteiger partial charge is 0.331 e. The Morgan fingerprint density at radius 2 is 1.47 bits per heavy atom. The second-order valence-electron chi connectivity index (χ2n) is 13.9. The van der Waals surface area contributed by atoms with Crippen LogP contribution < -0.4 is 25.7 Å². The third kappa shape index (κ3) is 6.66. The Hall–Kier alpha value is -2.91. The van der Waals surface area contributed by atoms with Crippen LogP contribution in [-0.2, 0) is 35.6 Å². The number of anilines is 1. The van der Waals surface area contributed by atoms with Gasteiger partial charge in [0.2, 0.25) is 0 Å². The number of rotatable bonds is 7. The molecule has 6 rings (SSSR count). The van der Waals surface area contributed by atoms with Crippen LogP contribution in [0.3, 0.4) is 0 Å². The molecule has 1 unspecified atom stereocenters. The Morgan fingerprint density at radius 1 is 0.911 bits per heavy atom. The van der Waals surface area contributed by atoms with Gasteiger partial charge in [0.25, 0.3) is 8.24 Å². The van der Waals surface area contributed by atoms with E-state index in [2.05, 4.69) is 73.4 Å². The van der Waals surface area contributed by atoms with Gasteiger partial charge in [-0.05, 0) is 103 Å². The maximum absolute atomic E-state index is 15.3. The van der Waals surface area contributed by atoms with Crippen LogP contribution in [-0.4, -0.2) is 30.6 Å². The van der Waals surface area contributed by atoms with E-state index in [-0.39, 0.29) is 23.0 Å². The number of hydrogen-bond acceptors (Lipinski definition) is 4. The Kier molecular flexibility index (Phi) is 9.71. The summed E-state index contributed by atoms with van der Waals surface area (Å²) in [5.74, 6) is 0. The topological polar surface area (TPSA) is 82.6 Å². The monoisotopic (exact) mass is 662 g/mol. The van der Waals surface area contributed by atoms with Crippen molar-refractivity contribution in [3.05, 3.63) is 100 Å². The van der Waals surface area contributed by atoms with Crippen LogP contribution in [0.25, 0.3) is 0 Å². The van der Waals surface area contributed by atoms with E-state index in [1.807, 2.05) is 42.5 Å². The van der Waals surface area contributed by atoms with E-state index < -0.39 is 24.2 Å². The normalized spacial score (nSPS) is 20.6. The zero-order valence-corrected chi connectivity index (χ0v) is 29.6. The molecule has 1 aliphatic heterocycles. The molecule has 0 saturated carbocycles. The molecule has 1 saturated heterocycles. The standard InChI is InChI=1S/C36H46N4O2SSi.ClH/c1-35(2,3)44(29-16-7-5-8-17-29,30-18-9-6-10-19-30)40-43(42,25-23-36(4)22-13-24-37-36)39-34(41)38-33-31-20-11-14-27(31)26-28-15-12-21-32(28)33;/h5-10,16-19,23,25-26,37H,11-15,20-22,24H2,1-4H3,(H2,38,39,40,41,42);1H/b25-23+;/t36-,43?;/m0./s1. The molecule has 1 fully saturated rings. The van der Waals surface area contributed by atoms with Gasteiger partial charge in [0, 0.05) is 16.6 Å². The number of aryl methyl sites for hydroxylation is 2. The average molecular weight is 663 g/mol. The minimum Gasteiger partial charge on any atom is -0.308 e. The summed E-state index contributed by atoms with van der Waals surface area (Å²) in [6.45, 7) is 9.58. The summed E-state index contributed by atoms with van der Waals surface area (Å²) < 4.78 is 23.8. The number of nitrogens with zero attached hydrogens (tertiary/aromatic N) is 1. The molecule has 1 heterocycles. The van der Waals surface area contributed by atoms with Gasteiger partial charge in [0.1, 0.15) is 9.92 Å². The van der Waals surface area contributed by atoms with Gasteiger partial charge < -0.3 is 10.6 Å². The number of hydrogen-bond donors (Lipinski definition) is 3.